The molecule has 0 radical (unpaired) electrons. The van der Waals surface area contributed by atoms with Gasteiger partial charge >= 0.3 is 6.36 Å². The summed E-state index contributed by atoms with van der Waals surface area (Å²) in [7, 11) is 0. The highest BCUT2D eigenvalue weighted by molar-refractivity contribution is 5.85. The topological polar surface area (TPSA) is 35.2 Å². The molecule has 0 unspecified atom stereocenters. The molecule has 1 aliphatic rings. The van der Waals surface area contributed by atoms with Crippen molar-refractivity contribution in [3.63, 3.8) is 0 Å². The molecule has 0 spiro atoms. The van der Waals surface area contributed by atoms with Gasteiger partial charge in [-0.25, -0.2) is 4.39 Å². The Morgan fingerprint density at radius 3 is 2.29 bits per heavy atom. The lowest BCUT2D eigenvalue weighted by molar-refractivity contribution is -0.275. The first kappa shape index (κ1) is 18.0. The second-order valence-electron chi connectivity index (χ2n) is 5.16. The molecule has 21 heavy (non-hydrogen) atoms. The van der Waals surface area contributed by atoms with Crippen LogP contribution >= 0.6 is 12.4 Å². The van der Waals surface area contributed by atoms with E-state index in [1.165, 1.54) is 12.5 Å². The summed E-state index contributed by atoms with van der Waals surface area (Å²) in [4.78, 5) is 0. The van der Waals surface area contributed by atoms with Gasteiger partial charge in [0.05, 0.1) is 0 Å². The fourth-order valence-electron chi connectivity index (χ4n) is 2.70. The van der Waals surface area contributed by atoms with Crippen molar-refractivity contribution in [2.24, 2.45) is 11.7 Å². The normalized spacial score (nSPS) is 18.0. The van der Waals surface area contributed by atoms with Crippen LogP contribution in [0.5, 0.6) is 5.75 Å². The predicted molar refractivity (Wildman–Crippen MR) is 73.8 cm³/mol. The van der Waals surface area contributed by atoms with Gasteiger partial charge in [0, 0.05) is 6.04 Å². The zero-order chi connectivity index (χ0) is 14.8. The molecule has 2 rings (SSSR count). The van der Waals surface area contributed by atoms with E-state index in [9.17, 15) is 17.6 Å². The van der Waals surface area contributed by atoms with Crippen molar-refractivity contribution in [1.82, 2.24) is 0 Å². The van der Waals surface area contributed by atoms with Gasteiger partial charge in [-0.05, 0) is 36.5 Å². The van der Waals surface area contributed by atoms with E-state index in [-0.39, 0.29) is 24.4 Å². The van der Waals surface area contributed by atoms with Gasteiger partial charge in [0.25, 0.3) is 0 Å². The van der Waals surface area contributed by atoms with Crippen LogP contribution < -0.4 is 10.5 Å². The summed E-state index contributed by atoms with van der Waals surface area (Å²) >= 11 is 0. The average molecular weight is 328 g/mol. The van der Waals surface area contributed by atoms with E-state index in [2.05, 4.69) is 4.74 Å². The molecule has 0 aromatic heterocycles. The third-order valence-corrected chi connectivity index (χ3v) is 3.72. The molecule has 2 nitrogen and oxygen atoms in total. The van der Waals surface area contributed by atoms with E-state index in [1.807, 2.05) is 0 Å². The smallest absolute Gasteiger partial charge is 0.403 e. The van der Waals surface area contributed by atoms with Crippen molar-refractivity contribution in [3.8, 4) is 5.75 Å². The summed E-state index contributed by atoms with van der Waals surface area (Å²) in [6.45, 7) is 0. The van der Waals surface area contributed by atoms with E-state index in [0.29, 0.717) is 5.56 Å². The fraction of sp³-hybridized carbons (Fsp3) is 0.571. The van der Waals surface area contributed by atoms with Crippen molar-refractivity contribution in [2.75, 3.05) is 0 Å². The van der Waals surface area contributed by atoms with Crippen molar-refractivity contribution in [3.05, 3.63) is 29.6 Å². The number of halogens is 5. The van der Waals surface area contributed by atoms with E-state index in [1.54, 1.807) is 0 Å². The first-order chi connectivity index (χ1) is 9.37. The van der Waals surface area contributed by atoms with E-state index in [0.717, 1.165) is 37.8 Å². The van der Waals surface area contributed by atoms with Crippen LogP contribution in [0.4, 0.5) is 17.6 Å². The standard InChI is InChI=1S/C14H17F4NO.ClH/c15-11-8-10(6-7-12(11)20-14(16,17)18)13(19)9-4-2-1-3-5-9;/h6-9,13H,1-5,19H2;1H/t13-;/m1./s1. The van der Waals surface area contributed by atoms with Crippen molar-refractivity contribution >= 4 is 12.4 Å². The molecule has 2 N–H and O–H groups in total. The van der Waals surface area contributed by atoms with E-state index in [4.69, 9.17) is 5.73 Å². The highest BCUT2D eigenvalue weighted by Gasteiger charge is 2.32. The Morgan fingerprint density at radius 2 is 1.76 bits per heavy atom. The first-order valence-electron chi connectivity index (χ1n) is 6.67. The summed E-state index contributed by atoms with van der Waals surface area (Å²) < 4.78 is 53.4. The van der Waals surface area contributed by atoms with Crippen LogP contribution in [0.2, 0.25) is 0 Å². The van der Waals surface area contributed by atoms with Crippen LogP contribution in [0.25, 0.3) is 0 Å². The van der Waals surface area contributed by atoms with Gasteiger partial charge in [-0.3, -0.25) is 0 Å². The van der Waals surface area contributed by atoms with Gasteiger partial charge < -0.3 is 10.5 Å². The van der Waals surface area contributed by atoms with Crippen LogP contribution in [0, 0.1) is 11.7 Å². The Hall–Kier alpha value is -1.01. The molecule has 0 aliphatic heterocycles. The fourth-order valence-corrected chi connectivity index (χ4v) is 2.70. The number of hydrogen-bond donors (Lipinski definition) is 1. The summed E-state index contributed by atoms with van der Waals surface area (Å²) in [5.74, 6) is -1.60. The maximum atomic E-state index is 13.6. The molecule has 1 aromatic carbocycles. The van der Waals surface area contributed by atoms with Crippen molar-refractivity contribution in [1.29, 1.82) is 0 Å². The number of rotatable bonds is 3. The Bertz CT molecular complexity index is 461. The minimum absolute atomic E-state index is 0. The monoisotopic (exact) mass is 327 g/mol. The van der Waals surface area contributed by atoms with Crippen LogP contribution in [-0.4, -0.2) is 6.36 Å². The van der Waals surface area contributed by atoms with Gasteiger partial charge in [-0.1, -0.05) is 25.3 Å². The van der Waals surface area contributed by atoms with Gasteiger partial charge in [0.1, 0.15) is 0 Å². The minimum atomic E-state index is -4.89. The van der Waals surface area contributed by atoms with Crippen LogP contribution in [0.15, 0.2) is 18.2 Å². The first-order valence-corrected chi connectivity index (χ1v) is 6.67. The molecule has 7 heteroatoms. The SMILES string of the molecule is Cl.N[C@@H](c1ccc(OC(F)(F)F)c(F)c1)C1CCCCC1. The molecule has 1 fully saturated rings. The van der Waals surface area contributed by atoms with Crippen molar-refractivity contribution < 1.29 is 22.3 Å². The molecule has 1 aromatic rings. The Balaban J connectivity index is 0.00000220. The zero-order valence-corrected chi connectivity index (χ0v) is 12.1. The Morgan fingerprint density at radius 1 is 1.14 bits per heavy atom. The van der Waals surface area contributed by atoms with Gasteiger partial charge in [0.15, 0.2) is 11.6 Å². The van der Waals surface area contributed by atoms with E-state index < -0.39 is 17.9 Å². The minimum Gasteiger partial charge on any atom is -0.403 e. The molecule has 120 valence electrons. The summed E-state index contributed by atoms with van der Waals surface area (Å²) in [6.07, 6.45) is 0.420. The molecule has 0 saturated heterocycles. The lowest BCUT2D eigenvalue weighted by Crippen LogP contribution is -2.24. The van der Waals surface area contributed by atoms with Crippen molar-refractivity contribution in [2.45, 2.75) is 44.5 Å². The predicted octanol–water partition coefficient (Wildman–Crippen LogP) is 4.73. The third-order valence-electron chi connectivity index (χ3n) is 3.72. The number of benzene rings is 1. The number of hydrogen-bond acceptors (Lipinski definition) is 2. The second kappa shape index (κ2) is 7.31. The average Bonchev–Trinajstić information content (AvgIpc) is 2.40. The van der Waals surface area contributed by atoms with Gasteiger partial charge in [0.2, 0.25) is 0 Å². The molecular weight excluding hydrogens is 310 g/mol. The van der Waals surface area contributed by atoms with Gasteiger partial charge in [-0.2, -0.15) is 0 Å². The highest BCUT2D eigenvalue weighted by atomic mass is 35.5. The third kappa shape index (κ3) is 5.04. The molecule has 0 amide bonds. The number of nitrogens with two attached hydrogens (primary N) is 1. The molecule has 0 heterocycles. The molecule has 1 saturated carbocycles. The van der Waals surface area contributed by atoms with Crippen LogP contribution in [0.1, 0.15) is 43.7 Å². The highest BCUT2D eigenvalue weighted by Crippen LogP contribution is 2.34. The van der Waals surface area contributed by atoms with Gasteiger partial charge in [-0.15, -0.1) is 25.6 Å². The lowest BCUT2D eigenvalue weighted by atomic mass is 9.81. The zero-order valence-electron chi connectivity index (χ0n) is 11.3. The lowest BCUT2D eigenvalue weighted by Gasteiger charge is -2.28. The molecule has 1 atom stereocenters. The quantitative estimate of drug-likeness (QED) is 0.815. The summed E-state index contributed by atoms with van der Waals surface area (Å²) in [5, 5.41) is 0. The summed E-state index contributed by atoms with van der Waals surface area (Å²) in [6, 6.07) is 3.09. The molecule has 0 bridgehead atoms. The van der Waals surface area contributed by atoms with Crippen LogP contribution in [0.3, 0.4) is 0 Å². The maximum absolute atomic E-state index is 13.6. The Kier molecular flexibility index (Phi) is 6.28. The Labute approximate surface area is 127 Å². The maximum Gasteiger partial charge on any atom is 0.573 e. The number of alkyl halides is 3. The summed E-state index contributed by atoms with van der Waals surface area (Å²) in [5.41, 5.74) is 6.60. The number of ether oxygens (including phenoxy) is 1. The van der Waals surface area contributed by atoms with E-state index >= 15 is 0 Å². The largest absolute Gasteiger partial charge is 0.573 e. The van der Waals surface area contributed by atoms with Crippen LogP contribution in [-0.2, 0) is 0 Å². The second-order valence-corrected chi connectivity index (χ2v) is 5.16. The molecular formula is C14H18ClF4NO. The molecule has 1 aliphatic carbocycles.